The van der Waals surface area contributed by atoms with Crippen molar-refractivity contribution in [2.75, 3.05) is 11.9 Å². The van der Waals surface area contributed by atoms with Crippen LogP contribution >= 0.6 is 0 Å². The first-order valence-corrected chi connectivity index (χ1v) is 5.93. The molecule has 0 heterocycles. The second-order valence-electron chi connectivity index (χ2n) is 4.17. The zero-order valence-electron chi connectivity index (χ0n) is 10.6. The first kappa shape index (κ1) is 12.2. The van der Waals surface area contributed by atoms with Gasteiger partial charge in [0, 0.05) is 18.4 Å². The van der Waals surface area contributed by atoms with Gasteiger partial charge in [0.2, 0.25) is 0 Å². The van der Waals surface area contributed by atoms with Crippen molar-refractivity contribution in [2.45, 2.75) is 0 Å². The van der Waals surface area contributed by atoms with Crippen molar-refractivity contribution >= 4 is 5.69 Å². The van der Waals surface area contributed by atoms with Crippen LogP contribution in [0.25, 0.3) is 11.1 Å². The molecule has 0 unspecified atom stereocenters. The summed E-state index contributed by atoms with van der Waals surface area (Å²) in [5.41, 5.74) is 4.45. The summed E-state index contributed by atoms with van der Waals surface area (Å²) in [4.78, 5) is 2.02. The van der Waals surface area contributed by atoms with E-state index in [2.05, 4.69) is 61.7 Å². The highest BCUT2D eigenvalue weighted by Crippen LogP contribution is 2.23. The highest BCUT2D eigenvalue weighted by molar-refractivity contribution is 5.67. The highest BCUT2D eigenvalue weighted by Gasteiger charge is 2.02. The minimum atomic E-state index is 0.891. The molecule has 0 saturated heterocycles. The van der Waals surface area contributed by atoms with Gasteiger partial charge < -0.3 is 4.90 Å². The summed E-state index contributed by atoms with van der Waals surface area (Å²) < 4.78 is 0. The molecule has 2 rings (SSSR count). The zero-order valence-corrected chi connectivity index (χ0v) is 10.6. The number of hydrogen-bond donors (Lipinski definition) is 0. The molecule has 0 bridgehead atoms. The smallest absolute Gasteiger partial charge is 0.0408 e. The summed E-state index contributed by atoms with van der Waals surface area (Å²) in [5, 5.41) is 0. The summed E-state index contributed by atoms with van der Waals surface area (Å²) in [5.74, 6) is 0. The average Bonchev–Trinajstić information content (AvgIpc) is 2.47. The quantitative estimate of drug-likeness (QED) is 0.706. The largest absolute Gasteiger partial charge is 0.345 e. The molecule has 18 heavy (non-hydrogen) atoms. The van der Waals surface area contributed by atoms with Gasteiger partial charge in [0.05, 0.1) is 0 Å². The third-order valence-corrected chi connectivity index (χ3v) is 3.03. The summed E-state index contributed by atoms with van der Waals surface area (Å²) in [6.07, 6.45) is 1.76. The van der Waals surface area contributed by atoms with Gasteiger partial charge >= 0.3 is 0 Å². The van der Waals surface area contributed by atoms with Gasteiger partial charge in [-0.15, -0.1) is 0 Å². The monoisotopic (exact) mass is 235 g/mol. The van der Waals surface area contributed by atoms with Crippen LogP contribution in [0.5, 0.6) is 0 Å². The Morgan fingerprint density at radius 2 is 1.50 bits per heavy atom. The number of likely N-dealkylation sites (N-methyl/N-ethyl adjacent to an activating group) is 1. The fraction of sp³-hybridized carbons (Fsp3) is 0.0588. The molecule has 0 spiro atoms. The van der Waals surface area contributed by atoms with E-state index in [0.29, 0.717) is 0 Å². The molecular formula is C17H17N. The molecule has 0 amide bonds. The van der Waals surface area contributed by atoms with Crippen molar-refractivity contribution in [3.8, 4) is 11.1 Å². The van der Waals surface area contributed by atoms with Gasteiger partial charge in [0.1, 0.15) is 0 Å². The van der Waals surface area contributed by atoms with Gasteiger partial charge in [-0.25, -0.2) is 0 Å². The van der Waals surface area contributed by atoms with E-state index < -0.39 is 0 Å². The maximum Gasteiger partial charge on any atom is 0.0408 e. The maximum absolute atomic E-state index is 3.94. The van der Waals surface area contributed by atoms with E-state index in [1.165, 1.54) is 11.1 Å². The lowest BCUT2D eigenvalue weighted by molar-refractivity contribution is 1.15. The number of allylic oxidation sites excluding steroid dienone is 1. The molecule has 0 fully saturated rings. The minimum absolute atomic E-state index is 0.891. The second kappa shape index (κ2) is 5.37. The Morgan fingerprint density at radius 1 is 0.944 bits per heavy atom. The second-order valence-corrected chi connectivity index (χ2v) is 4.17. The van der Waals surface area contributed by atoms with Crippen molar-refractivity contribution in [1.82, 2.24) is 0 Å². The molecule has 0 aliphatic heterocycles. The maximum atomic E-state index is 3.94. The van der Waals surface area contributed by atoms with Gasteiger partial charge in [0.25, 0.3) is 0 Å². The van der Waals surface area contributed by atoms with E-state index in [0.717, 1.165) is 11.4 Å². The van der Waals surface area contributed by atoms with Crippen LogP contribution in [0.4, 0.5) is 5.69 Å². The Kier molecular flexibility index (Phi) is 3.63. The van der Waals surface area contributed by atoms with E-state index in [-0.39, 0.29) is 0 Å². The molecule has 2 aromatic rings. The summed E-state index contributed by atoms with van der Waals surface area (Å²) >= 11 is 0. The molecule has 0 aliphatic carbocycles. The lowest BCUT2D eigenvalue weighted by atomic mass is 10.1. The van der Waals surface area contributed by atoms with Gasteiger partial charge in [0.15, 0.2) is 0 Å². The van der Waals surface area contributed by atoms with E-state index in [1.54, 1.807) is 6.08 Å². The van der Waals surface area contributed by atoms with Crippen molar-refractivity contribution in [1.29, 1.82) is 0 Å². The Balaban J connectivity index is 2.26. The molecule has 2 aromatic carbocycles. The van der Waals surface area contributed by atoms with Crippen LogP contribution in [0.15, 0.2) is 79.5 Å². The van der Waals surface area contributed by atoms with Crippen LogP contribution in [0.1, 0.15) is 0 Å². The van der Waals surface area contributed by atoms with Crippen molar-refractivity contribution < 1.29 is 0 Å². The lowest BCUT2D eigenvalue weighted by Gasteiger charge is -2.19. The Labute approximate surface area is 109 Å². The first-order valence-electron chi connectivity index (χ1n) is 5.93. The molecule has 0 saturated carbocycles. The van der Waals surface area contributed by atoms with Crippen molar-refractivity contribution in [3.05, 3.63) is 79.5 Å². The van der Waals surface area contributed by atoms with Gasteiger partial charge in [-0.2, -0.15) is 0 Å². The molecule has 1 nitrogen and oxygen atoms in total. The van der Waals surface area contributed by atoms with Crippen LogP contribution in [-0.2, 0) is 0 Å². The van der Waals surface area contributed by atoms with Crippen LogP contribution in [0.2, 0.25) is 0 Å². The van der Waals surface area contributed by atoms with E-state index in [1.807, 2.05) is 18.0 Å². The predicted octanol–water partition coefficient (Wildman–Crippen LogP) is 4.49. The van der Waals surface area contributed by atoms with Crippen molar-refractivity contribution in [2.24, 2.45) is 0 Å². The third kappa shape index (κ3) is 2.51. The van der Waals surface area contributed by atoms with Crippen LogP contribution < -0.4 is 4.90 Å². The van der Waals surface area contributed by atoms with E-state index in [4.69, 9.17) is 0 Å². The standard InChI is InChI=1S/C17H17N/c1-4-14(2)18(3)17-12-10-16(11-13-17)15-8-6-5-7-9-15/h4-13H,1-2H2,3H3. The van der Waals surface area contributed by atoms with E-state index >= 15 is 0 Å². The topological polar surface area (TPSA) is 3.24 Å². The van der Waals surface area contributed by atoms with Gasteiger partial charge in [-0.1, -0.05) is 55.6 Å². The number of nitrogens with zero attached hydrogens (tertiary/aromatic N) is 1. The number of hydrogen-bond acceptors (Lipinski definition) is 1. The van der Waals surface area contributed by atoms with Gasteiger partial charge in [-0.3, -0.25) is 0 Å². The Morgan fingerprint density at radius 3 is 2.06 bits per heavy atom. The zero-order chi connectivity index (χ0) is 13.0. The fourth-order valence-electron chi connectivity index (χ4n) is 1.81. The number of benzene rings is 2. The lowest BCUT2D eigenvalue weighted by Crippen LogP contribution is -2.13. The SMILES string of the molecule is C=CC(=C)N(C)c1ccc(-c2ccccc2)cc1. The molecule has 0 atom stereocenters. The molecular weight excluding hydrogens is 218 g/mol. The molecule has 0 radical (unpaired) electrons. The Bertz CT molecular complexity index is 538. The van der Waals surface area contributed by atoms with E-state index in [9.17, 15) is 0 Å². The van der Waals surface area contributed by atoms with Gasteiger partial charge in [-0.05, 0) is 29.3 Å². The predicted molar refractivity (Wildman–Crippen MR) is 79.6 cm³/mol. The first-order chi connectivity index (χ1) is 8.72. The van der Waals surface area contributed by atoms with Crippen molar-refractivity contribution in [3.63, 3.8) is 0 Å². The molecule has 90 valence electrons. The van der Waals surface area contributed by atoms with Crippen LogP contribution in [0.3, 0.4) is 0 Å². The summed E-state index contributed by atoms with van der Waals surface area (Å²) in [6, 6.07) is 18.8. The molecule has 0 N–H and O–H groups in total. The number of anilines is 1. The average molecular weight is 235 g/mol. The summed E-state index contributed by atoms with van der Waals surface area (Å²) in [7, 11) is 1.99. The van der Waals surface area contributed by atoms with Crippen LogP contribution in [-0.4, -0.2) is 7.05 Å². The normalized spacial score (nSPS) is 9.83. The Hall–Kier alpha value is -2.28. The number of rotatable bonds is 4. The molecule has 1 heteroatoms. The fourth-order valence-corrected chi connectivity index (χ4v) is 1.81. The summed E-state index contributed by atoms with van der Waals surface area (Å²) in [6.45, 7) is 7.67. The minimum Gasteiger partial charge on any atom is -0.345 e. The molecule has 0 aliphatic rings. The third-order valence-electron chi connectivity index (χ3n) is 3.03. The highest BCUT2D eigenvalue weighted by atomic mass is 15.1. The van der Waals surface area contributed by atoms with Crippen LogP contribution in [0, 0.1) is 0 Å². The molecule has 0 aromatic heterocycles.